The van der Waals surface area contributed by atoms with Crippen molar-refractivity contribution in [2.45, 2.75) is 25.7 Å². The molecule has 1 aromatic carbocycles. The average molecular weight is 294 g/mol. The quantitative estimate of drug-likeness (QED) is 0.854. The third kappa shape index (κ3) is 1.85. The maximum Gasteiger partial charge on any atom is 0.345 e. The molecule has 0 fully saturated rings. The Kier molecular flexibility index (Phi) is 2.73. The number of carboxylic acids is 1. The highest BCUT2D eigenvalue weighted by Crippen LogP contribution is 2.47. The lowest BCUT2D eigenvalue weighted by atomic mass is 9.72. The van der Waals surface area contributed by atoms with Crippen molar-refractivity contribution < 1.29 is 18.7 Å². The molecule has 0 unspecified atom stereocenters. The summed E-state index contributed by atoms with van der Waals surface area (Å²) in [6, 6.07) is 4.04. The molecule has 5 heteroatoms. The van der Waals surface area contributed by atoms with Crippen molar-refractivity contribution in [1.82, 2.24) is 0 Å². The molecule has 0 atom stereocenters. The predicted molar refractivity (Wildman–Crippen MR) is 73.4 cm³/mol. The molecule has 0 radical (unpaired) electrons. The Hall–Kier alpha value is -1.75. The van der Waals surface area contributed by atoms with Crippen LogP contribution in [0, 0.1) is 11.6 Å². The van der Waals surface area contributed by atoms with Crippen molar-refractivity contribution in [2.24, 2.45) is 0 Å². The number of halogens is 2. The van der Waals surface area contributed by atoms with E-state index in [1.807, 2.05) is 13.8 Å². The summed E-state index contributed by atoms with van der Waals surface area (Å²) in [5.41, 5.74) is 1.86. The summed E-state index contributed by atoms with van der Waals surface area (Å²) in [6.07, 6.45) is 0.615. The Morgan fingerprint density at radius 2 is 1.90 bits per heavy atom. The maximum absolute atomic E-state index is 13.5. The number of aromatic carboxylic acids is 1. The Bertz CT molecular complexity index is 732. The first-order valence-electron chi connectivity index (χ1n) is 6.15. The second-order valence-electron chi connectivity index (χ2n) is 5.64. The van der Waals surface area contributed by atoms with E-state index >= 15 is 0 Å². The second kappa shape index (κ2) is 4.12. The van der Waals surface area contributed by atoms with E-state index in [2.05, 4.69) is 0 Å². The minimum Gasteiger partial charge on any atom is -0.477 e. The van der Waals surface area contributed by atoms with Gasteiger partial charge in [-0.15, -0.1) is 11.3 Å². The molecule has 0 bridgehead atoms. The highest BCUT2D eigenvalue weighted by Gasteiger charge is 2.34. The summed E-state index contributed by atoms with van der Waals surface area (Å²) in [4.78, 5) is 12.0. The van der Waals surface area contributed by atoms with Crippen LogP contribution in [-0.2, 0) is 11.8 Å². The van der Waals surface area contributed by atoms with Gasteiger partial charge < -0.3 is 5.11 Å². The second-order valence-corrected chi connectivity index (χ2v) is 6.69. The van der Waals surface area contributed by atoms with Crippen molar-refractivity contribution in [3.8, 4) is 10.4 Å². The molecule has 1 aliphatic rings. The normalized spacial score (nSPS) is 15.6. The van der Waals surface area contributed by atoms with Crippen LogP contribution in [0.4, 0.5) is 8.78 Å². The maximum atomic E-state index is 13.5. The van der Waals surface area contributed by atoms with Crippen molar-refractivity contribution in [3.63, 3.8) is 0 Å². The van der Waals surface area contributed by atoms with Gasteiger partial charge in [0.25, 0.3) is 0 Å². The number of carboxylic acid groups (broad SMARTS) is 1. The Morgan fingerprint density at radius 3 is 2.55 bits per heavy atom. The lowest BCUT2D eigenvalue weighted by molar-refractivity contribution is 0.0702. The first-order chi connectivity index (χ1) is 9.29. The topological polar surface area (TPSA) is 37.3 Å². The molecular formula is C15H12F2O2S. The number of hydrogen-bond donors (Lipinski definition) is 1. The van der Waals surface area contributed by atoms with Crippen LogP contribution in [0.3, 0.4) is 0 Å². The Labute approximate surface area is 118 Å². The van der Waals surface area contributed by atoms with E-state index in [4.69, 9.17) is 5.11 Å². The molecule has 2 aromatic rings. The molecule has 3 rings (SSSR count). The van der Waals surface area contributed by atoms with Crippen molar-refractivity contribution in [1.29, 1.82) is 0 Å². The minimum absolute atomic E-state index is 0.225. The number of benzene rings is 1. The van der Waals surface area contributed by atoms with Gasteiger partial charge in [-0.3, -0.25) is 0 Å². The number of fused-ring (bicyclic) bond motifs is 3. The van der Waals surface area contributed by atoms with Crippen LogP contribution in [0.2, 0.25) is 0 Å². The van der Waals surface area contributed by atoms with Gasteiger partial charge in [-0.05, 0) is 46.7 Å². The van der Waals surface area contributed by atoms with E-state index in [-0.39, 0.29) is 10.3 Å². The summed E-state index contributed by atoms with van der Waals surface area (Å²) in [5.74, 6) is -2.76. The van der Waals surface area contributed by atoms with E-state index in [1.54, 1.807) is 6.07 Å². The molecule has 20 heavy (non-hydrogen) atoms. The molecule has 0 saturated carbocycles. The number of hydrogen-bond acceptors (Lipinski definition) is 2. The molecule has 1 aromatic heterocycles. The van der Waals surface area contributed by atoms with Gasteiger partial charge in [0.05, 0.1) is 0 Å². The van der Waals surface area contributed by atoms with E-state index in [9.17, 15) is 13.6 Å². The average Bonchev–Trinajstić information content (AvgIpc) is 2.75. The smallest absolute Gasteiger partial charge is 0.345 e. The number of thiophene rings is 1. The summed E-state index contributed by atoms with van der Waals surface area (Å²) in [7, 11) is 0. The Morgan fingerprint density at radius 1 is 1.25 bits per heavy atom. The van der Waals surface area contributed by atoms with E-state index in [0.29, 0.717) is 12.0 Å². The number of carbonyl (C=O) groups is 1. The van der Waals surface area contributed by atoms with Gasteiger partial charge in [-0.1, -0.05) is 13.8 Å². The highest BCUT2D eigenvalue weighted by atomic mass is 32.1. The van der Waals surface area contributed by atoms with Crippen LogP contribution in [0.5, 0.6) is 0 Å². The van der Waals surface area contributed by atoms with Gasteiger partial charge in [0.1, 0.15) is 4.88 Å². The molecule has 0 amide bonds. The van der Waals surface area contributed by atoms with Crippen LogP contribution in [0.15, 0.2) is 18.2 Å². The molecule has 0 aliphatic heterocycles. The third-order valence-corrected chi connectivity index (χ3v) is 4.88. The van der Waals surface area contributed by atoms with Crippen molar-refractivity contribution in [2.75, 3.05) is 0 Å². The lowest BCUT2D eigenvalue weighted by Crippen LogP contribution is -2.25. The SMILES string of the molecule is CC1(C)Cc2cc(C(=O)O)sc2-c2cc(F)c(F)cc21. The van der Waals surface area contributed by atoms with Gasteiger partial charge in [0.15, 0.2) is 11.6 Å². The van der Waals surface area contributed by atoms with Crippen molar-refractivity contribution in [3.05, 3.63) is 45.8 Å². The fourth-order valence-corrected chi connectivity index (χ4v) is 3.81. The molecule has 2 nitrogen and oxygen atoms in total. The molecule has 0 spiro atoms. The fourth-order valence-electron chi connectivity index (χ4n) is 2.76. The predicted octanol–water partition coefficient (Wildman–Crippen LogP) is 4.23. The Balaban J connectivity index is 2.30. The summed E-state index contributed by atoms with van der Waals surface area (Å²) in [6.45, 7) is 3.90. The van der Waals surface area contributed by atoms with Crippen LogP contribution in [0.1, 0.15) is 34.6 Å². The largest absolute Gasteiger partial charge is 0.477 e. The number of rotatable bonds is 1. The molecule has 0 saturated heterocycles. The van der Waals surface area contributed by atoms with Gasteiger partial charge in [-0.25, -0.2) is 13.6 Å². The van der Waals surface area contributed by atoms with E-state index in [1.165, 1.54) is 12.1 Å². The monoisotopic (exact) mass is 294 g/mol. The van der Waals surface area contributed by atoms with Gasteiger partial charge in [0.2, 0.25) is 0 Å². The van der Waals surface area contributed by atoms with Crippen LogP contribution in [-0.4, -0.2) is 11.1 Å². The van der Waals surface area contributed by atoms with E-state index in [0.717, 1.165) is 27.3 Å². The summed E-state index contributed by atoms with van der Waals surface area (Å²) < 4.78 is 27.0. The van der Waals surface area contributed by atoms with Crippen LogP contribution >= 0.6 is 11.3 Å². The van der Waals surface area contributed by atoms with E-state index < -0.39 is 17.6 Å². The van der Waals surface area contributed by atoms with Crippen LogP contribution < -0.4 is 0 Å². The first-order valence-corrected chi connectivity index (χ1v) is 6.97. The zero-order valence-corrected chi connectivity index (χ0v) is 11.8. The summed E-state index contributed by atoms with van der Waals surface area (Å²) >= 11 is 1.11. The molecule has 1 N–H and O–H groups in total. The molecule has 1 heterocycles. The zero-order valence-electron chi connectivity index (χ0n) is 11.0. The van der Waals surface area contributed by atoms with Crippen LogP contribution in [0.25, 0.3) is 10.4 Å². The van der Waals surface area contributed by atoms with Gasteiger partial charge in [0, 0.05) is 4.88 Å². The zero-order chi connectivity index (χ0) is 14.7. The van der Waals surface area contributed by atoms with Gasteiger partial charge >= 0.3 is 5.97 Å². The molecule has 104 valence electrons. The van der Waals surface area contributed by atoms with Crippen molar-refractivity contribution >= 4 is 17.3 Å². The standard InChI is InChI=1S/C15H12F2O2S/c1-15(2)6-7-3-12(14(18)19)20-13(7)8-4-10(16)11(17)5-9(8)15/h3-5H,6H2,1-2H3,(H,18,19). The minimum atomic E-state index is -0.994. The lowest BCUT2D eigenvalue weighted by Gasteiger charge is -2.32. The van der Waals surface area contributed by atoms with Gasteiger partial charge in [-0.2, -0.15) is 0 Å². The molecule has 1 aliphatic carbocycles. The first kappa shape index (κ1) is 13.2. The summed E-state index contributed by atoms with van der Waals surface area (Å²) in [5, 5.41) is 9.09. The molecular weight excluding hydrogens is 282 g/mol. The fraction of sp³-hybridized carbons (Fsp3) is 0.267. The third-order valence-electron chi connectivity index (χ3n) is 3.69. The highest BCUT2D eigenvalue weighted by molar-refractivity contribution is 7.17.